The van der Waals surface area contributed by atoms with Gasteiger partial charge in [-0.25, -0.2) is 4.98 Å². The number of rotatable bonds is 4. The molecule has 1 amide bonds. The molecule has 4 rings (SSSR count). The van der Waals surface area contributed by atoms with Gasteiger partial charge in [-0.05, 0) is 30.2 Å². The Labute approximate surface area is 178 Å². The van der Waals surface area contributed by atoms with Gasteiger partial charge < -0.3 is 5.32 Å². The molecule has 31 heavy (non-hydrogen) atoms. The highest BCUT2D eigenvalue weighted by Crippen LogP contribution is 2.33. The Kier molecular flexibility index (Phi) is 5.36. The van der Waals surface area contributed by atoms with E-state index in [1.54, 1.807) is 6.20 Å². The van der Waals surface area contributed by atoms with Crippen molar-refractivity contribution in [3.63, 3.8) is 0 Å². The Morgan fingerprint density at radius 3 is 2.61 bits per heavy atom. The third-order valence-electron chi connectivity index (χ3n) is 4.72. The van der Waals surface area contributed by atoms with Gasteiger partial charge in [0, 0.05) is 29.4 Å². The molecule has 0 aliphatic heterocycles. The molecule has 2 heterocycles. The first-order valence-electron chi connectivity index (χ1n) is 9.25. The number of halogens is 3. The summed E-state index contributed by atoms with van der Waals surface area (Å²) in [6.07, 6.45) is -1.16. The molecule has 4 aromatic rings. The fraction of sp³-hybridized carbons (Fsp3) is 0.136. The Morgan fingerprint density at radius 1 is 1.16 bits per heavy atom. The van der Waals surface area contributed by atoms with Gasteiger partial charge in [0.1, 0.15) is 5.56 Å². The topological polar surface area (TPSA) is 63.5 Å². The lowest BCUT2D eigenvalue weighted by Gasteiger charge is -2.12. The summed E-state index contributed by atoms with van der Waals surface area (Å²) in [6, 6.07) is 13.2. The van der Waals surface area contributed by atoms with Crippen LogP contribution in [0.2, 0.25) is 0 Å². The first kappa shape index (κ1) is 20.8. The van der Waals surface area contributed by atoms with Crippen LogP contribution in [0.15, 0.2) is 65.7 Å². The molecule has 1 N–H and O–H groups in total. The molecule has 0 spiro atoms. The smallest absolute Gasteiger partial charge is 0.322 e. The Balaban J connectivity index is 1.62. The molecule has 0 saturated carbocycles. The number of nitrogens with one attached hydrogen (secondary N) is 1. The van der Waals surface area contributed by atoms with E-state index in [1.807, 2.05) is 30.3 Å². The summed E-state index contributed by atoms with van der Waals surface area (Å²) in [5.41, 5.74) is -0.629. The van der Waals surface area contributed by atoms with Gasteiger partial charge in [0.2, 0.25) is 0 Å². The molecule has 0 unspecified atom stereocenters. The largest absolute Gasteiger partial charge is 0.416 e. The summed E-state index contributed by atoms with van der Waals surface area (Å²) in [6.45, 7) is 1.34. The molecule has 158 valence electrons. The summed E-state index contributed by atoms with van der Waals surface area (Å²) >= 11 is 1.33. The van der Waals surface area contributed by atoms with E-state index in [-0.39, 0.29) is 16.8 Å². The van der Waals surface area contributed by atoms with Crippen LogP contribution in [-0.4, -0.2) is 15.3 Å². The number of fused-ring (bicyclic) bond motifs is 1. The Morgan fingerprint density at radius 2 is 1.90 bits per heavy atom. The van der Waals surface area contributed by atoms with Crippen molar-refractivity contribution in [1.29, 1.82) is 0 Å². The third kappa shape index (κ3) is 4.36. The molecule has 9 heteroatoms. The van der Waals surface area contributed by atoms with Crippen molar-refractivity contribution in [3.05, 3.63) is 98.4 Å². The van der Waals surface area contributed by atoms with E-state index < -0.39 is 23.2 Å². The van der Waals surface area contributed by atoms with Crippen LogP contribution in [0.4, 0.5) is 18.9 Å². The third-order valence-corrected chi connectivity index (χ3v) is 5.72. The lowest BCUT2D eigenvalue weighted by molar-refractivity contribution is -0.138. The number of amides is 1. The highest BCUT2D eigenvalue weighted by molar-refractivity contribution is 7.17. The second-order valence-corrected chi connectivity index (χ2v) is 8.06. The van der Waals surface area contributed by atoms with Gasteiger partial charge in [0.25, 0.3) is 11.5 Å². The highest BCUT2D eigenvalue weighted by atomic mass is 32.1. The van der Waals surface area contributed by atoms with Crippen molar-refractivity contribution >= 4 is 27.9 Å². The van der Waals surface area contributed by atoms with Gasteiger partial charge in [-0.2, -0.15) is 13.2 Å². The van der Waals surface area contributed by atoms with E-state index in [9.17, 15) is 22.8 Å². The average molecular weight is 443 g/mol. The second-order valence-electron chi connectivity index (χ2n) is 6.97. The van der Waals surface area contributed by atoms with Crippen molar-refractivity contribution in [2.75, 3.05) is 5.32 Å². The van der Waals surface area contributed by atoms with Gasteiger partial charge in [-0.3, -0.25) is 14.0 Å². The number of nitrogens with zero attached hydrogens (tertiary/aromatic N) is 2. The number of benzene rings is 2. The van der Waals surface area contributed by atoms with E-state index in [2.05, 4.69) is 10.3 Å². The summed E-state index contributed by atoms with van der Waals surface area (Å²) in [5, 5.41) is 2.36. The molecular formula is C22H16F3N3O2S. The van der Waals surface area contributed by atoms with E-state index in [4.69, 9.17) is 0 Å². The summed E-state index contributed by atoms with van der Waals surface area (Å²) in [4.78, 5) is 30.9. The maximum Gasteiger partial charge on any atom is 0.416 e. The zero-order valence-electron chi connectivity index (χ0n) is 16.2. The molecule has 0 saturated heterocycles. The van der Waals surface area contributed by atoms with E-state index in [1.165, 1.54) is 34.8 Å². The van der Waals surface area contributed by atoms with Crippen molar-refractivity contribution in [2.45, 2.75) is 19.5 Å². The molecule has 5 nitrogen and oxygen atoms in total. The van der Waals surface area contributed by atoms with Crippen LogP contribution in [-0.2, 0) is 12.6 Å². The van der Waals surface area contributed by atoms with Crippen molar-refractivity contribution < 1.29 is 18.0 Å². The molecule has 0 aliphatic rings. The van der Waals surface area contributed by atoms with Crippen LogP contribution in [0, 0.1) is 6.92 Å². The lowest BCUT2D eigenvalue weighted by atomic mass is 10.1. The molecule has 2 aromatic heterocycles. The number of hydrogen-bond donors (Lipinski definition) is 1. The predicted octanol–water partition coefficient (Wildman–Crippen LogP) is 4.93. The number of anilines is 1. The normalized spacial score (nSPS) is 11.6. The molecule has 0 aliphatic carbocycles. The number of thiazole rings is 1. The summed E-state index contributed by atoms with van der Waals surface area (Å²) < 4.78 is 40.6. The first-order chi connectivity index (χ1) is 14.7. The number of carbonyl (C=O) groups is 1. The fourth-order valence-corrected chi connectivity index (χ4v) is 4.14. The van der Waals surface area contributed by atoms with Crippen LogP contribution >= 0.6 is 11.3 Å². The minimum Gasteiger partial charge on any atom is -0.322 e. The van der Waals surface area contributed by atoms with Crippen LogP contribution < -0.4 is 10.9 Å². The lowest BCUT2D eigenvalue weighted by Crippen LogP contribution is -2.26. The van der Waals surface area contributed by atoms with E-state index in [0.717, 1.165) is 22.7 Å². The van der Waals surface area contributed by atoms with Gasteiger partial charge >= 0.3 is 6.18 Å². The number of aryl methyl sites for hydroxylation is 1. The minimum absolute atomic E-state index is 0.0397. The van der Waals surface area contributed by atoms with Crippen molar-refractivity contribution in [2.24, 2.45) is 0 Å². The summed E-state index contributed by atoms with van der Waals surface area (Å²) in [5.74, 6) is -0.820. The van der Waals surface area contributed by atoms with Crippen LogP contribution in [0.25, 0.3) is 4.96 Å². The molecule has 0 bridgehead atoms. The maximum atomic E-state index is 13.1. The average Bonchev–Trinajstić information content (AvgIpc) is 3.13. The molecule has 0 atom stereocenters. The zero-order chi connectivity index (χ0) is 22.2. The molecular weight excluding hydrogens is 427 g/mol. The van der Waals surface area contributed by atoms with Gasteiger partial charge in [-0.15, -0.1) is 11.3 Å². The zero-order valence-corrected chi connectivity index (χ0v) is 17.1. The second kappa shape index (κ2) is 7.99. The van der Waals surface area contributed by atoms with Gasteiger partial charge in [0.15, 0.2) is 4.96 Å². The van der Waals surface area contributed by atoms with Crippen molar-refractivity contribution in [3.8, 4) is 0 Å². The number of carbonyl (C=O) groups excluding carboxylic acids is 1. The van der Waals surface area contributed by atoms with Crippen molar-refractivity contribution in [1.82, 2.24) is 9.38 Å². The maximum absolute atomic E-state index is 13.1. The predicted molar refractivity (Wildman–Crippen MR) is 113 cm³/mol. The van der Waals surface area contributed by atoms with E-state index in [0.29, 0.717) is 11.4 Å². The number of alkyl halides is 3. The van der Waals surface area contributed by atoms with Gasteiger partial charge in [0.05, 0.1) is 5.56 Å². The Bertz CT molecular complexity index is 1330. The standard InChI is InChI=1S/C22H16F3N3O2S/c1-13-7-8-15(10-18(13)22(23,24)25)27-19(29)17-11-26-21-28(20(17)30)12-16(31-21)9-14-5-3-2-4-6-14/h2-8,10-12H,9H2,1H3,(H,27,29). The monoisotopic (exact) mass is 443 g/mol. The molecule has 0 fully saturated rings. The Hall–Kier alpha value is -3.46. The molecule has 2 aromatic carbocycles. The van der Waals surface area contributed by atoms with E-state index >= 15 is 0 Å². The van der Waals surface area contributed by atoms with Crippen LogP contribution in [0.1, 0.15) is 31.9 Å². The quantitative estimate of drug-likeness (QED) is 0.487. The minimum atomic E-state index is -4.54. The molecule has 0 radical (unpaired) electrons. The van der Waals surface area contributed by atoms with Crippen LogP contribution in [0.5, 0.6) is 0 Å². The summed E-state index contributed by atoms with van der Waals surface area (Å²) in [7, 11) is 0. The van der Waals surface area contributed by atoms with Gasteiger partial charge in [-0.1, -0.05) is 36.4 Å². The highest BCUT2D eigenvalue weighted by Gasteiger charge is 2.32. The van der Waals surface area contributed by atoms with Crippen LogP contribution in [0.3, 0.4) is 0 Å². The number of hydrogen-bond acceptors (Lipinski definition) is 4. The first-order valence-corrected chi connectivity index (χ1v) is 10.1. The fourth-order valence-electron chi connectivity index (χ4n) is 3.17. The SMILES string of the molecule is Cc1ccc(NC(=O)c2cnc3sc(Cc4ccccc4)cn3c2=O)cc1C(F)(F)F. The number of aromatic nitrogens is 2.